The number of rotatable bonds is 7. The lowest BCUT2D eigenvalue weighted by Crippen LogP contribution is -2.34. The highest BCUT2D eigenvalue weighted by Gasteiger charge is 2.08. The van der Waals surface area contributed by atoms with Crippen molar-refractivity contribution in [3.63, 3.8) is 0 Å². The quantitative estimate of drug-likeness (QED) is 0.591. The molecular formula is C18H19N3O4. The molecule has 0 aliphatic rings. The minimum Gasteiger partial charge on any atom is -0.497 e. The average Bonchev–Trinajstić information content (AvgIpc) is 2.66. The molecule has 0 atom stereocenters. The topological polar surface area (TPSA) is 89.0 Å². The van der Waals surface area contributed by atoms with Crippen molar-refractivity contribution in [1.29, 1.82) is 0 Å². The van der Waals surface area contributed by atoms with Crippen LogP contribution in [0.15, 0.2) is 53.6 Å². The summed E-state index contributed by atoms with van der Waals surface area (Å²) in [5.74, 6) is 0.460. The van der Waals surface area contributed by atoms with Crippen LogP contribution in [0.1, 0.15) is 15.9 Å². The summed E-state index contributed by atoms with van der Waals surface area (Å²) in [5.41, 5.74) is 3.54. The van der Waals surface area contributed by atoms with Crippen LogP contribution in [0.5, 0.6) is 11.5 Å². The van der Waals surface area contributed by atoms with Crippen LogP contribution < -0.4 is 20.2 Å². The third-order valence-electron chi connectivity index (χ3n) is 3.24. The zero-order valence-electron chi connectivity index (χ0n) is 14.0. The Balaban J connectivity index is 1.81. The SMILES string of the molecule is COc1cccc(/C=N/NC(=O)CNC(=O)c2cccc(OC)c2)c1. The number of hydrazone groups is 1. The maximum Gasteiger partial charge on any atom is 0.259 e. The van der Waals surface area contributed by atoms with E-state index in [1.54, 1.807) is 37.4 Å². The zero-order valence-corrected chi connectivity index (χ0v) is 14.0. The van der Waals surface area contributed by atoms with Gasteiger partial charge in [0.15, 0.2) is 0 Å². The molecule has 0 fully saturated rings. The molecule has 2 aromatic carbocycles. The molecule has 7 nitrogen and oxygen atoms in total. The standard InChI is InChI=1S/C18H19N3O4/c1-24-15-7-3-5-13(9-15)11-20-21-17(22)12-19-18(23)14-6-4-8-16(10-14)25-2/h3-11H,12H2,1-2H3,(H,19,23)(H,21,22)/b20-11+. The molecule has 0 saturated heterocycles. The van der Waals surface area contributed by atoms with Crippen molar-refractivity contribution < 1.29 is 19.1 Å². The number of amides is 2. The van der Waals surface area contributed by atoms with Crippen molar-refractivity contribution in [2.24, 2.45) is 5.10 Å². The fourth-order valence-electron chi connectivity index (χ4n) is 1.97. The Morgan fingerprint density at radius 2 is 1.72 bits per heavy atom. The Kier molecular flexibility index (Phi) is 6.53. The van der Waals surface area contributed by atoms with Crippen LogP contribution in [0.4, 0.5) is 0 Å². The first-order valence-corrected chi connectivity index (χ1v) is 7.50. The number of nitrogens with zero attached hydrogens (tertiary/aromatic N) is 1. The first kappa shape index (κ1) is 18.0. The summed E-state index contributed by atoms with van der Waals surface area (Å²) in [6.07, 6.45) is 1.49. The third-order valence-corrected chi connectivity index (χ3v) is 3.24. The Morgan fingerprint density at radius 1 is 1.04 bits per heavy atom. The number of nitrogens with one attached hydrogen (secondary N) is 2. The first-order valence-electron chi connectivity index (χ1n) is 7.50. The van der Waals surface area contributed by atoms with Crippen molar-refractivity contribution in [1.82, 2.24) is 10.7 Å². The number of carbonyl (C=O) groups is 2. The minimum atomic E-state index is -0.435. The fraction of sp³-hybridized carbons (Fsp3) is 0.167. The molecule has 2 N–H and O–H groups in total. The summed E-state index contributed by atoms with van der Waals surface area (Å²) in [4.78, 5) is 23.7. The molecule has 0 aliphatic carbocycles. The number of hydrogen-bond donors (Lipinski definition) is 2. The number of carbonyl (C=O) groups excluding carboxylic acids is 2. The highest BCUT2D eigenvalue weighted by molar-refractivity contribution is 5.96. The van der Waals surface area contributed by atoms with Crippen LogP contribution in [-0.2, 0) is 4.79 Å². The summed E-state index contributed by atoms with van der Waals surface area (Å²) >= 11 is 0. The molecule has 7 heteroatoms. The molecule has 0 aromatic heterocycles. The maximum absolute atomic E-state index is 12.0. The van der Waals surface area contributed by atoms with Gasteiger partial charge in [0.1, 0.15) is 11.5 Å². The van der Waals surface area contributed by atoms with Gasteiger partial charge in [-0.15, -0.1) is 0 Å². The van der Waals surface area contributed by atoms with Crippen LogP contribution in [0.3, 0.4) is 0 Å². The van der Waals surface area contributed by atoms with Gasteiger partial charge in [-0.2, -0.15) is 5.10 Å². The van der Waals surface area contributed by atoms with E-state index in [4.69, 9.17) is 9.47 Å². The van der Waals surface area contributed by atoms with E-state index in [0.717, 1.165) is 5.56 Å². The smallest absolute Gasteiger partial charge is 0.259 e. The molecule has 0 aliphatic heterocycles. The van der Waals surface area contributed by atoms with E-state index in [-0.39, 0.29) is 12.5 Å². The van der Waals surface area contributed by atoms with E-state index in [0.29, 0.717) is 17.1 Å². The second-order valence-electron chi connectivity index (χ2n) is 4.98. The molecule has 0 bridgehead atoms. The summed E-state index contributed by atoms with van der Waals surface area (Å²) in [5, 5.41) is 6.36. The van der Waals surface area contributed by atoms with Gasteiger partial charge in [0.2, 0.25) is 0 Å². The lowest BCUT2D eigenvalue weighted by atomic mass is 10.2. The van der Waals surface area contributed by atoms with Crippen molar-refractivity contribution in [3.05, 3.63) is 59.7 Å². The Morgan fingerprint density at radius 3 is 2.44 bits per heavy atom. The molecule has 0 heterocycles. The van der Waals surface area contributed by atoms with E-state index >= 15 is 0 Å². The van der Waals surface area contributed by atoms with E-state index in [1.807, 2.05) is 18.2 Å². The van der Waals surface area contributed by atoms with Crippen molar-refractivity contribution in [2.45, 2.75) is 0 Å². The van der Waals surface area contributed by atoms with E-state index in [2.05, 4.69) is 15.8 Å². The molecule has 2 aromatic rings. The fourth-order valence-corrected chi connectivity index (χ4v) is 1.97. The summed E-state index contributed by atoms with van der Waals surface area (Å²) < 4.78 is 10.2. The highest BCUT2D eigenvalue weighted by atomic mass is 16.5. The van der Waals surface area contributed by atoms with E-state index in [1.165, 1.54) is 13.3 Å². The van der Waals surface area contributed by atoms with Crippen molar-refractivity contribution >= 4 is 18.0 Å². The second kappa shape index (κ2) is 9.07. The molecule has 0 radical (unpaired) electrons. The van der Waals surface area contributed by atoms with Crippen LogP contribution >= 0.6 is 0 Å². The Labute approximate surface area is 145 Å². The summed E-state index contributed by atoms with van der Waals surface area (Å²) in [6.45, 7) is -0.189. The Hall–Kier alpha value is -3.35. The van der Waals surface area contributed by atoms with Crippen LogP contribution in [-0.4, -0.2) is 38.8 Å². The molecule has 2 rings (SSSR count). The van der Waals surface area contributed by atoms with Gasteiger partial charge in [0.05, 0.1) is 27.0 Å². The number of hydrogen-bond acceptors (Lipinski definition) is 5. The van der Waals surface area contributed by atoms with Gasteiger partial charge >= 0.3 is 0 Å². The largest absolute Gasteiger partial charge is 0.497 e. The van der Waals surface area contributed by atoms with Gasteiger partial charge in [-0.05, 0) is 35.9 Å². The van der Waals surface area contributed by atoms with E-state index in [9.17, 15) is 9.59 Å². The predicted molar refractivity (Wildman–Crippen MR) is 94.1 cm³/mol. The van der Waals surface area contributed by atoms with E-state index < -0.39 is 5.91 Å². The normalized spacial score (nSPS) is 10.3. The van der Waals surface area contributed by atoms with Crippen LogP contribution in [0.25, 0.3) is 0 Å². The Bertz CT molecular complexity index is 774. The summed E-state index contributed by atoms with van der Waals surface area (Å²) in [6, 6.07) is 13.9. The molecule has 0 saturated carbocycles. The molecule has 130 valence electrons. The molecule has 0 spiro atoms. The van der Waals surface area contributed by atoms with Crippen LogP contribution in [0.2, 0.25) is 0 Å². The molecular weight excluding hydrogens is 322 g/mol. The highest BCUT2D eigenvalue weighted by Crippen LogP contribution is 2.12. The average molecular weight is 341 g/mol. The lowest BCUT2D eigenvalue weighted by molar-refractivity contribution is -0.120. The van der Waals surface area contributed by atoms with Crippen molar-refractivity contribution in [2.75, 3.05) is 20.8 Å². The van der Waals surface area contributed by atoms with Gasteiger partial charge in [-0.3, -0.25) is 9.59 Å². The third kappa shape index (κ3) is 5.65. The predicted octanol–water partition coefficient (Wildman–Crippen LogP) is 1.58. The molecule has 2 amide bonds. The number of benzene rings is 2. The number of methoxy groups -OCH3 is 2. The molecule has 0 unspecified atom stereocenters. The number of ether oxygens (including phenoxy) is 2. The van der Waals surface area contributed by atoms with Crippen molar-refractivity contribution in [3.8, 4) is 11.5 Å². The second-order valence-corrected chi connectivity index (χ2v) is 4.98. The lowest BCUT2D eigenvalue weighted by Gasteiger charge is -2.06. The van der Waals surface area contributed by atoms with Gasteiger partial charge in [0.25, 0.3) is 11.8 Å². The monoisotopic (exact) mass is 341 g/mol. The maximum atomic E-state index is 12.0. The molecule has 25 heavy (non-hydrogen) atoms. The van der Waals surface area contributed by atoms with Gasteiger partial charge < -0.3 is 14.8 Å². The van der Waals surface area contributed by atoms with Crippen LogP contribution in [0, 0.1) is 0 Å². The zero-order chi connectivity index (χ0) is 18.1. The first-order chi connectivity index (χ1) is 12.1. The minimum absolute atomic E-state index is 0.189. The van der Waals surface area contributed by atoms with Gasteiger partial charge in [-0.1, -0.05) is 18.2 Å². The van der Waals surface area contributed by atoms with Gasteiger partial charge in [0, 0.05) is 5.56 Å². The van der Waals surface area contributed by atoms with Gasteiger partial charge in [-0.25, -0.2) is 5.43 Å². The summed E-state index contributed by atoms with van der Waals surface area (Å²) in [7, 11) is 3.09.